The van der Waals surface area contributed by atoms with Crippen molar-refractivity contribution in [1.29, 1.82) is 0 Å². The van der Waals surface area contributed by atoms with Crippen LogP contribution in [0.25, 0.3) is 0 Å². The summed E-state index contributed by atoms with van der Waals surface area (Å²) < 4.78 is 10.4. The molecule has 2 atom stereocenters. The first-order chi connectivity index (χ1) is 13.4. The van der Waals surface area contributed by atoms with E-state index < -0.39 is 28.8 Å². The van der Waals surface area contributed by atoms with Gasteiger partial charge in [-0.25, -0.2) is 0 Å². The van der Waals surface area contributed by atoms with Crippen LogP contribution in [0.1, 0.15) is 31.7 Å². The lowest BCUT2D eigenvalue weighted by molar-refractivity contribution is -0.384. The van der Waals surface area contributed by atoms with Crippen molar-refractivity contribution in [2.24, 2.45) is 0 Å². The molecule has 0 aromatic heterocycles. The van der Waals surface area contributed by atoms with Crippen molar-refractivity contribution in [3.8, 4) is 5.75 Å². The van der Waals surface area contributed by atoms with Gasteiger partial charge in [-0.2, -0.15) is 0 Å². The van der Waals surface area contributed by atoms with Crippen LogP contribution in [0.4, 0.5) is 11.4 Å². The van der Waals surface area contributed by atoms with Crippen LogP contribution in [0.3, 0.4) is 0 Å². The average molecular weight is 386 g/mol. The largest absolute Gasteiger partial charge is 0.494 e. The molecule has 0 aliphatic carbocycles. The molecule has 1 amide bonds. The molecule has 0 aliphatic rings. The number of hydrogen-bond acceptors (Lipinski definition) is 6. The van der Waals surface area contributed by atoms with Crippen LogP contribution in [0.2, 0.25) is 0 Å². The predicted molar refractivity (Wildman–Crippen MR) is 103 cm³/mol. The van der Waals surface area contributed by atoms with E-state index in [1.54, 1.807) is 0 Å². The van der Waals surface area contributed by atoms with Crippen molar-refractivity contribution in [3.63, 3.8) is 0 Å². The molecule has 1 N–H and O–H groups in total. The van der Waals surface area contributed by atoms with Crippen molar-refractivity contribution >= 4 is 23.3 Å². The number of benzene rings is 2. The van der Waals surface area contributed by atoms with Crippen molar-refractivity contribution in [3.05, 3.63) is 64.2 Å². The Bertz CT molecular complexity index is 853. The number of hydrogen-bond donors (Lipinski definition) is 1. The summed E-state index contributed by atoms with van der Waals surface area (Å²) in [6, 6.07) is 13.0. The molecule has 8 heteroatoms. The van der Waals surface area contributed by atoms with Crippen LogP contribution in [0.5, 0.6) is 5.75 Å². The Morgan fingerprint density at radius 1 is 1.18 bits per heavy atom. The summed E-state index contributed by atoms with van der Waals surface area (Å²) in [4.78, 5) is 35.2. The average Bonchev–Trinajstić information content (AvgIpc) is 2.69. The molecular weight excluding hydrogens is 364 g/mol. The number of non-ortho nitro benzene ring substituents is 1. The first-order valence-electron chi connectivity index (χ1n) is 8.76. The lowest BCUT2D eigenvalue weighted by Crippen LogP contribution is -2.31. The zero-order valence-electron chi connectivity index (χ0n) is 15.9. The number of rotatable bonds is 8. The molecule has 0 heterocycles. The molecular formula is C20H22N2O6. The van der Waals surface area contributed by atoms with Crippen LogP contribution >= 0.6 is 0 Å². The van der Waals surface area contributed by atoms with E-state index >= 15 is 0 Å². The number of carbonyl (C=O) groups is 2. The van der Waals surface area contributed by atoms with E-state index in [4.69, 9.17) is 9.47 Å². The molecule has 0 fully saturated rings. The second-order valence-corrected chi connectivity index (χ2v) is 6.08. The van der Waals surface area contributed by atoms with Gasteiger partial charge in [-0.05, 0) is 25.0 Å². The fraction of sp³-hybridized carbons (Fsp3) is 0.300. The highest BCUT2D eigenvalue weighted by molar-refractivity contribution is 5.96. The maximum Gasteiger partial charge on any atom is 0.314 e. The van der Waals surface area contributed by atoms with Crippen LogP contribution < -0.4 is 10.1 Å². The molecule has 2 aromatic carbocycles. The van der Waals surface area contributed by atoms with Gasteiger partial charge in [0.1, 0.15) is 5.75 Å². The summed E-state index contributed by atoms with van der Waals surface area (Å²) in [5.41, 5.74) is 0.902. The third-order valence-electron chi connectivity index (χ3n) is 4.21. The smallest absolute Gasteiger partial charge is 0.314 e. The van der Waals surface area contributed by atoms with Gasteiger partial charge in [-0.15, -0.1) is 0 Å². The number of nitro groups is 1. The van der Waals surface area contributed by atoms with Gasteiger partial charge in [-0.1, -0.05) is 37.3 Å². The molecule has 0 bridgehead atoms. The molecule has 0 radical (unpaired) electrons. The van der Waals surface area contributed by atoms with E-state index in [0.29, 0.717) is 6.42 Å². The van der Waals surface area contributed by atoms with Crippen molar-refractivity contribution in [1.82, 2.24) is 0 Å². The maximum atomic E-state index is 12.5. The fourth-order valence-electron chi connectivity index (χ4n) is 2.66. The van der Waals surface area contributed by atoms with E-state index in [0.717, 1.165) is 5.56 Å². The van der Waals surface area contributed by atoms with Gasteiger partial charge in [0.05, 0.1) is 29.7 Å². The quantitative estimate of drug-likeness (QED) is 0.421. The second kappa shape index (κ2) is 9.50. The molecule has 0 saturated carbocycles. The van der Waals surface area contributed by atoms with Gasteiger partial charge in [0.25, 0.3) is 11.6 Å². The van der Waals surface area contributed by atoms with Crippen molar-refractivity contribution in [2.75, 3.05) is 12.4 Å². The highest BCUT2D eigenvalue weighted by Crippen LogP contribution is 2.29. The molecule has 28 heavy (non-hydrogen) atoms. The Morgan fingerprint density at radius 2 is 1.86 bits per heavy atom. The molecule has 0 unspecified atom stereocenters. The standard InChI is InChI=1S/C20H22N2O6/c1-4-16(14-8-6-5-7-9-14)20(24)28-13(2)19(23)21-17-11-10-15(22(25)26)12-18(17)27-3/h5-13,16H,4H2,1-3H3,(H,21,23)/t13-,16+/m0/s1. The predicted octanol–water partition coefficient (Wildman–Crippen LogP) is 3.67. The number of methoxy groups -OCH3 is 1. The molecule has 2 rings (SSSR count). The summed E-state index contributed by atoms with van der Waals surface area (Å²) in [5, 5.41) is 13.4. The summed E-state index contributed by atoms with van der Waals surface area (Å²) in [7, 11) is 1.34. The van der Waals surface area contributed by atoms with E-state index in [1.165, 1.54) is 32.2 Å². The molecule has 0 saturated heterocycles. The van der Waals surface area contributed by atoms with E-state index in [9.17, 15) is 19.7 Å². The topological polar surface area (TPSA) is 108 Å². The van der Waals surface area contributed by atoms with Gasteiger partial charge in [-0.3, -0.25) is 19.7 Å². The highest BCUT2D eigenvalue weighted by Gasteiger charge is 2.25. The Balaban J connectivity index is 2.06. The SMILES string of the molecule is CC[C@@H](C(=O)O[C@@H](C)C(=O)Nc1ccc([N+](=O)[O-])cc1OC)c1ccccc1. The first-order valence-corrected chi connectivity index (χ1v) is 8.76. The van der Waals surface area contributed by atoms with Crippen LogP contribution in [0, 0.1) is 10.1 Å². The van der Waals surface area contributed by atoms with E-state index in [-0.39, 0.29) is 17.1 Å². The minimum absolute atomic E-state index is 0.136. The Morgan fingerprint density at radius 3 is 2.43 bits per heavy atom. The number of nitrogens with one attached hydrogen (secondary N) is 1. The number of ether oxygens (including phenoxy) is 2. The molecule has 148 valence electrons. The summed E-state index contributed by atoms with van der Waals surface area (Å²) in [6.45, 7) is 3.33. The third kappa shape index (κ3) is 5.06. The minimum atomic E-state index is -1.05. The normalized spacial score (nSPS) is 12.5. The molecule has 0 spiro atoms. The number of esters is 1. The van der Waals surface area contributed by atoms with Gasteiger partial charge >= 0.3 is 5.97 Å². The summed E-state index contributed by atoms with van der Waals surface area (Å²) >= 11 is 0. The second-order valence-electron chi connectivity index (χ2n) is 6.08. The van der Waals surface area contributed by atoms with E-state index in [2.05, 4.69) is 5.32 Å². The molecule has 8 nitrogen and oxygen atoms in total. The van der Waals surface area contributed by atoms with Crippen molar-refractivity contribution in [2.45, 2.75) is 32.3 Å². The number of nitrogens with zero attached hydrogens (tertiary/aromatic N) is 1. The van der Waals surface area contributed by atoms with Gasteiger partial charge in [0, 0.05) is 6.07 Å². The van der Waals surface area contributed by atoms with Crippen LogP contribution in [0.15, 0.2) is 48.5 Å². The van der Waals surface area contributed by atoms with Gasteiger partial charge in [0.2, 0.25) is 0 Å². The van der Waals surface area contributed by atoms with Gasteiger partial charge in [0.15, 0.2) is 6.10 Å². The van der Waals surface area contributed by atoms with Crippen LogP contribution in [-0.2, 0) is 14.3 Å². The Hall–Kier alpha value is -3.42. The Kier molecular flexibility index (Phi) is 7.08. The molecule has 2 aromatic rings. The number of carbonyl (C=O) groups excluding carboxylic acids is 2. The summed E-state index contributed by atoms with van der Waals surface area (Å²) in [5.74, 6) is -1.39. The summed E-state index contributed by atoms with van der Waals surface area (Å²) in [6.07, 6.45) is -0.516. The first kappa shape index (κ1) is 20.9. The Labute approximate surface area is 162 Å². The van der Waals surface area contributed by atoms with Gasteiger partial charge < -0.3 is 14.8 Å². The zero-order valence-corrected chi connectivity index (χ0v) is 15.9. The number of nitro benzene ring substituents is 1. The zero-order chi connectivity index (χ0) is 20.7. The minimum Gasteiger partial charge on any atom is -0.494 e. The van der Waals surface area contributed by atoms with Crippen LogP contribution in [-0.4, -0.2) is 30.0 Å². The highest BCUT2D eigenvalue weighted by atomic mass is 16.6. The number of amides is 1. The van der Waals surface area contributed by atoms with E-state index in [1.807, 2.05) is 37.3 Å². The fourth-order valence-corrected chi connectivity index (χ4v) is 2.66. The lowest BCUT2D eigenvalue weighted by atomic mass is 9.97. The molecule has 0 aliphatic heterocycles. The van der Waals surface area contributed by atoms with Crippen molar-refractivity contribution < 1.29 is 24.0 Å². The lowest BCUT2D eigenvalue weighted by Gasteiger charge is -2.19. The monoisotopic (exact) mass is 386 g/mol. The third-order valence-corrected chi connectivity index (χ3v) is 4.21. The maximum absolute atomic E-state index is 12.5. The number of anilines is 1.